The summed E-state index contributed by atoms with van der Waals surface area (Å²) in [4.78, 5) is 14.5. The predicted molar refractivity (Wildman–Crippen MR) is 142 cm³/mol. The maximum atomic E-state index is 13.2. The molecule has 0 aliphatic carbocycles. The molecule has 2 amide bonds. The molecule has 1 fully saturated rings. The first-order chi connectivity index (χ1) is 18.2. The molecule has 8 nitrogen and oxygen atoms in total. The van der Waals surface area contributed by atoms with Gasteiger partial charge in [0.1, 0.15) is 10.7 Å². The number of hydrogen-bond acceptors (Lipinski definition) is 5. The van der Waals surface area contributed by atoms with Crippen LogP contribution in [0.25, 0.3) is 11.3 Å². The highest BCUT2D eigenvalue weighted by Gasteiger charge is 2.40. The quantitative estimate of drug-likeness (QED) is 0.303. The van der Waals surface area contributed by atoms with Crippen LogP contribution >= 0.6 is 11.6 Å². The van der Waals surface area contributed by atoms with Crippen molar-refractivity contribution in [1.29, 1.82) is 5.41 Å². The SMILES string of the molecule is CN/C=C(\C=N)c1nn(-c2ccccc2)c(NC(=O)N[C@H]2CN(CC(F)(F)F)C[C@@H]2c2ccccc2)c1Cl. The van der Waals surface area contributed by atoms with Crippen molar-refractivity contribution in [3.8, 4) is 5.69 Å². The van der Waals surface area contributed by atoms with Gasteiger partial charge >= 0.3 is 12.2 Å². The molecule has 12 heteroatoms. The minimum absolute atomic E-state index is 0.0340. The van der Waals surface area contributed by atoms with E-state index in [0.29, 0.717) is 11.3 Å². The molecule has 0 bridgehead atoms. The van der Waals surface area contributed by atoms with E-state index in [2.05, 4.69) is 21.0 Å². The van der Waals surface area contributed by atoms with E-state index >= 15 is 0 Å². The van der Waals surface area contributed by atoms with Crippen molar-refractivity contribution in [1.82, 2.24) is 25.3 Å². The third kappa shape index (κ3) is 6.35. The van der Waals surface area contributed by atoms with Crippen molar-refractivity contribution in [2.24, 2.45) is 0 Å². The number of likely N-dealkylation sites (tertiary alicyclic amines) is 1. The number of carbonyl (C=O) groups is 1. The number of carbonyl (C=O) groups excluding carboxylic acids is 1. The van der Waals surface area contributed by atoms with Gasteiger partial charge in [0.2, 0.25) is 0 Å². The van der Waals surface area contributed by atoms with Crippen LogP contribution in [0.2, 0.25) is 5.02 Å². The normalized spacial score (nSPS) is 18.3. The topological polar surface area (TPSA) is 98.1 Å². The van der Waals surface area contributed by atoms with Crippen LogP contribution in [-0.2, 0) is 0 Å². The largest absolute Gasteiger partial charge is 0.401 e. The Hall–Kier alpha value is -3.83. The molecule has 4 N–H and O–H groups in total. The Balaban J connectivity index is 1.62. The van der Waals surface area contributed by atoms with Gasteiger partial charge in [-0.2, -0.15) is 18.3 Å². The summed E-state index contributed by atoms with van der Waals surface area (Å²) in [5.41, 5.74) is 2.11. The smallest absolute Gasteiger partial charge is 0.393 e. The van der Waals surface area contributed by atoms with Crippen molar-refractivity contribution in [3.63, 3.8) is 0 Å². The minimum Gasteiger partial charge on any atom is -0.393 e. The molecule has 3 aromatic rings. The van der Waals surface area contributed by atoms with Gasteiger partial charge in [0, 0.05) is 44.0 Å². The average molecular weight is 546 g/mol. The fourth-order valence-electron chi connectivity index (χ4n) is 4.55. The summed E-state index contributed by atoms with van der Waals surface area (Å²) in [6.07, 6.45) is -1.71. The fourth-order valence-corrected chi connectivity index (χ4v) is 4.82. The second kappa shape index (κ2) is 11.7. The number of amides is 2. The number of benzene rings is 2. The van der Waals surface area contributed by atoms with Crippen LogP contribution in [0.3, 0.4) is 0 Å². The monoisotopic (exact) mass is 545 g/mol. The van der Waals surface area contributed by atoms with Gasteiger partial charge in [0.05, 0.1) is 18.3 Å². The Kier molecular flexibility index (Phi) is 8.38. The summed E-state index contributed by atoms with van der Waals surface area (Å²) >= 11 is 6.64. The van der Waals surface area contributed by atoms with Gasteiger partial charge in [-0.1, -0.05) is 60.1 Å². The lowest BCUT2D eigenvalue weighted by Gasteiger charge is -2.21. The molecule has 200 valence electrons. The first-order valence-electron chi connectivity index (χ1n) is 11.8. The number of alkyl halides is 3. The summed E-state index contributed by atoms with van der Waals surface area (Å²) in [5.74, 6) is -0.173. The Bertz CT molecular complexity index is 1300. The van der Waals surface area contributed by atoms with Crippen LogP contribution in [0.1, 0.15) is 17.2 Å². The van der Waals surface area contributed by atoms with Crippen molar-refractivity contribution >= 4 is 35.2 Å². The molecule has 2 atom stereocenters. The number of nitrogens with zero attached hydrogens (tertiary/aromatic N) is 3. The maximum absolute atomic E-state index is 13.2. The second-order valence-electron chi connectivity index (χ2n) is 8.82. The molecular formula is C26H27ClF3N7O. The first-order valence-corrected chi connectivity index (χ1v) is 12.2. The highest BCUT2D eigenvalue weighted by molar-refractivity contribution is 6.36. The Morgan fingerprint density at radius 2 is 1.79 bits per heavy atom. The first kappa shape index (κ1) is 27.2. The average Bonchev–Trinajstić information content (AvgIpc) is 3.42. The van der Waals surface area contributed by atoms with E-state index in [4.69, 9.17) is 17.0 Å². The molecule has 0 saturated carbocycles. The Morgan fingerprint density at radius 3 is 2.39 bits per heavy atom. The summed E-state index contributed by atoms with van der Waals surface area (Å²) < 4.78 is 40.8. The molecule has 0 unspecified atom stereocenters. The minimum atomic E-state index is -4.35. The third-order valence-electron chi connectivity index (χ3n) is 6.13. The van der Waals surface area contributed by atoms with E-state index in [1.165, 1.54) is 9.58 Å². The van der Waals surface area contributed by atoms with Crippen LogP contribution in [-0.4, -0.2) is 65.8 Å². The number of allylic oxidation sites excluding steroid dienone is 1. The van der Waals surface area contributed by atoms with Crippen molar-refractivity contribution in [2.45, 2.75) is 18.1 Å². The molecule has 1 aliphatic heterocycles. The molecule has 0 spiro atoms. The zero-order valence-electron chi connectivity index (χ0n) is 20.5. The zero-order chi connectivity index (χ0) is 27.3. The standard InChI is InChI=1S/C26H27ClF3N7O/c1-32-13-18(12-31)23-22(27)24(37(35-23)19-10-6-3-7-11-19)34-25(38)33-21-15-36(16-26(28,29)30)14-20(21)17-8-4-2-5-9-17/h2-13,20-21,31-32H,14-16H2,1H3,(H2,33,34,38)/b18-13+,31-12?/t20-,21+/m1/s1. The number of halogens is 4. The lowest BCUT2D eigenvalue weighted by molar-refractivity contribution is -0.143. The number of rotatable bonds is 8. The lowest BCUT2D eigenvalue weighted by Crippen LogP contribution is -2.43. The van der Waals surface area contributed by atoms with E-state index in [9.17, 15) is 18.0 Å². The zero-order valence-corrected chi connectivity index (χ0v) is 21.2. The maximum Gasteiger partial charge on any atom is 0.401 e. The van der Waals surface area contributed by atoms with Gasteiger partial charge in [-0.15, -0.1) is 0 Å². The van der Waals surface area contributed by atoms with Crippen LogP contribution < -0.4 is 16.0 Å². The van der Waals surface area contributed by atoms with E-state index in [-0.39, 0.29) is 35.5 Å². The molecular weight excluding hydrogens is 519 g/mol. The summed E-state index contributed by atoms with van der Waals surface area (Å²) in [5, 5.41) is 20.8. The third-order valence-corrected chi connectivity index (χ3v) is 6.49. The second-order valence-corrected chi connectivity index (χ2v) is 9.20. The van der Waals surface area contributed by atoms with E-state index in [0.717, 1.165) is 11.8 Å². The van der Waals surface area contributed by atoms with Gasteiger partial charge in [-0.05, 0) is 17.7 Å². The van der Waals surface area contributed by atoms with Gasteiger partial charge in [0.15, 0.2) is 5.82 Å². The molecule has 2 aromatic carbocycles. The van der Waals surface area contributed by atoms with Gasteiger partial charge in [0.25, 0.3) is 0 Å². The predicted octanol–water partition coefficient (Wildman–Crippen LogP) is 4.89. The van der Waals surface area contributed by atoms with Crippen molar-refractivity contribution in [3.05, 3.63) is 83.1 Å². The van der Waals surface area contributed by atoms with Crippen LogP contribution in [0.5, 0.6) is 0 Å². The summed E-state index contributed by atoms with van der Waals surface area (Å²) in [6.45, 7) is -0.874. The number of hydrogen-bond donors (Lipinski definition) is 4. The fraction of sp³-hybridized carbons (Fsp3) is 0.269. The Morgan fingerprint density at radius 1 is 1.13 bits per heavy atom. The number of urea groups is 1. The van der Waals surface area contributed by atoms with E-state index in [1.54, 1.807) is 37.5 Å². The molecule has 1 saturated heterocycles. The molecule has 1 aliphatic rings. The number of aromatic nitrogens is 2. The molecule has 38 heavy (non-hydrogen) atoms. The van der Waals surface area contributed by atoms with Crippen molar-refractivity contribution in [2.75, 3.05) is 32.0 Å². The lowest BCUT2D eigenvalue weighted by atomic mass is 9.94. The molecule has 0 radical (unpaired) electrons. The van der Waals surface area contributed by atoms with Crippen molar-refractivity contribution < 1.29 is 18.0 Å². The van der Waals surface area contributed by atoms with Gasteiger partial charge < -0.3 is 16.0 Å². The molecule has 2 heterocycles. The molecule has 1 aromatic heterocycles. The molecule has 4 rings (SSSR count). The number of para-hydroxylation sites is 1. The van der Waals surface area contributed by atoms with Gasteiger partial charge in [-0.3, -0.25) is 10.2 Å². The number of anilines is 1. The van der Waals surface area contributed by atoms with Crippen LogP contribution in [0.15, 0.2) is 66.9 Å². The summed E-state index contributed by atoms with van der Waals surface area (Å²) in [7, 11) is 1.67. The van der Waals surface area contributed by atoms with Crippen LogP contribution in [0, 0.1) is 5.41 Å². The highest BCUT2D eigenvalue weighted by Crippen LogP contribution is 2.33. The van der Waals surface area contributed by atoms with E-state index in [1.807, 2.05) is 36.4 Å². The van der Waals surface area contributed by atoms with Gasteiger partial charge in [-0.25, -0.2) is 9.48 Å². The Labute approximate surface area is 223 Å². The highest BCUT2D eigenvalue weighted by atomic mass is 35.5. The van der Waals surface area contributed by atoms with E-state index < -0.39 is 24.8 Å². The van der Waals surface area contributed by atoms with Crippen LogP contribution in [0.4, 0.5) is 23.8 Å². The summed E-state index contributed by atoms with van der Waals surface area (Å²) in [6, 6.07) is 16.9. The number of nitrogens with one attached hydrogen (secondary N) is 4.